The maximum Gasteiger partial charge on any atom is 0.120 e. The van der Waals surface area contributed by atoms with E-state index in [9.17, 15) is 0 Å². The van der Waals surface area contributed by atoms with Crippen LogP contribution in [0.5, 0.6) is 5.75 Å². The number of ether oxygens (including phenoxy) is 5. The lowest BCUT2D eigenvalue weighted by atomic mass is 9.98. The third-order valence-corrected chi connectivity index (χ3v) is 4.74. The van der Waals surface area contributed by atoms with Crippen LogP contribution in [0.2, 0.25) is 0 Å². The summed E-state index contributed by atoms with van der Waals surface area (Å²) in [5.41, 5.74) is 2.50. The molecule has 3 heterocycles. The molecule has 0 bridgehead atoms. The number of hydrogen-bond acceptors (Lipinski definition) is 5. The molecule has 3 aliphatic rings. The maximum absolute atomic E-state index is 5.84. The van der Waals surface area contributed by atoms with Gasteiger partial charge in [-0.1, -0.05) is 18.2 Å². The zero-order valence-corrected chi connectivity index (χ0v) is 14.1. The van der Waals surface area contributed by atoms with Crippen LogP contribution in [0.15, 0.2) is 30.3 Å². The molecule has 3 unspecified atom stereocenters. The average Bonchev–Trinajstić information content (AvgIpc) is 3.44. The summed E-state index contributed by atoms with van der Waals surface area (Å²) in [7, 11) is 0. The van der Waals surface area contributed by atoms with Crippen molar-refractivity contribution >= 4 is 10.8 Å². The molecule has 0 N–H and O–H groups in total. The summed E-state index contributed by atoms with van der Waals surface area (Å²) in [5, 5.41) is 2.40. The molecule has 5 rings (SSSR count). The van der Waals surface area contributed by atoms with Crippen molar-refractivity contribution in [2.45, 2.75) is 31.3 Å². The summed E-state index contributed by atoms with van der Waals surface area (Å²) in [6.45, 7) is 4.40. The Morgan fingerprint density at radius 2 is 1.64 bits per heavy atom. The Morgan fingerprint density at radius 1 is 0.880 bits per heavy atom. The first-order valence-electron chi connectivity index (χ1n) is 8.94. The van der Waals surface area contributed by atoms with E-state index < -0.39 is 0 Å². The van der Waals surface area contributed by atoms with Crippen LogP contribution < -0.4 is 4.74 Å². The first-order chi connectivity index (χ1) is 12.3. The molecule has 0 spiro atoms. The third-order valence-electron chi connectivity index (χ3n) is 4.74. The molecule has 2 aromatic rings. The van der Waals surface area contributed by atoms with Crippen molar-refractivity contribution in [1.29, 1.82) is 0 Å². The van der Waals surface area contributed by atoms with Crippen LogP contribution in [0, 0.1) is 0 Å². The van der Waals surface area contributed by atoms with Crippen LogP contribution in [-0.4, -0.2) is 51.3 Å². The second kappa shape index (κ2) is 6.57. The zero-order chi connectivity index (χ0) is 16.6. The van der Waals surface area contributed by atoms with E-state index in [0.717, 1.165) is 32.0 Å². The number of hydrogen-bond donors (Lipinski definition) is 0. The Kier molecular flexibility index (Phi) is 4.10. The van der Waals surface area contributed by atoms with Gasteiger partial charge in [-0.25, -0.2) is 0 Å². The van der Waals surface area contributed by atoms with Crippen molar-refractivity contribution in [3.05, 3.63) is 41.5 Å². The summed E-state index contributed by atoms with van der Waals surface area (Å²) < 4.78 is 27.5. The molecule has 132 valence electrons. The smallest absolute Gasteiger partial charge is 0.120 e. The lowest BCUT2D eigenvalue weighted by molar-refractivity contribution is 0.105. The molecule has 0 radical (unpaired) electrons. The molecule has 0 aromatic heterocycles. The first-order valence-corrected chi connectivity index (χ1v) is 8.94. The minimum absolute atomic E-state index is 0.266. The molecule has 2 aromatic carbocycles. The van der Waals surface area contributed by atoms with Crippen LogP contribution in [-0.2, 0) is 32.0 Å². The van der Waals surface area contributed by atoms with Gasteiger partial charge in [-0.3, -0.25) is 0 Å². The van der Waals surface area contributed by atoms with Gasteiger partial charge in [-0.2, -0.15) is 0 Å². The fraction of sp³-hybridized carbons (Fsp3) is 0.500. The van der Waals surface area contributed by atoms with Crippen molar-refractivity contribution in [3.8, 4) is 5.75 Å². The average molecular weight is 342 g/mol. The summed E-state index contributed by atoms with van der Waals surface area (Å²) in [5.74, 6) is 0.890. The highest BCUT2D eigenvalue weighted by atomic mass is 16.6. The maximum atomic E-state index is 5.84. The molecule has 25 heavy (non-hydrogen) atoms. The van der Waals surface area contributed by atoms with Crippen LogP contribution in [0.25, 0.3) is 10.8 Å². The summed E-state index contributed by atoms with van der Waals surface area (Å²) in [6.07, 6.45) is 1.88. The molecule has 3 saturated heterocycles. The molecule has 5 nitrogen and oxygen atoms in total. The van der Waals surface area contributed by atoms with E-state index in [1.165, 1.54) is 21.9 Å². The third kappa shape index (κ3) is 4.12. The van der Waals surface area contributed by atoms with Gasteiger partial charge in [0.05, 0.1) is 39.1 Å². The minimum Gasteiger partial charge on any atom is -0.491 e. The van der Waals surface area contributed by atoms with E-state index in [1.54, 1.807) is 0 Å². The first kappa shape index (κ1) is 15.6. The van der Waals surface area contributed by atoms with Crippen LogP contribution in [0.1, 0.15) is 11.1 Å². The minimum atomic E-state index is 0.266. The van der Waals surface area contributed by atoms with Crippen molar-refractivity contribution in [2.24, 2.45) is 0 Å². The van der Waals surface area contributed by atoms with E-state index >= 15 is 0 Å². The fourth-order valence-electron chi connectivity index (χ4n) is 3.09. The summed E-state index contributed by atoms with van der Waals surface area (Å²) in [4.78, 5) is 0. The fourth-order valence-corrected chi connectivity index (χ4v) is 3.09. The standard InChI is InChI=1S/C20H22O5/c1-2-20-14(6-16(1)22-11-19-12-25-19)3-13(5-17-9-23-17)4-15(20)7-21-8-18-10-24-18/h1-4,6,17-19H,5,7-12H2. The van der Waals surface area contributed by atoms with E-state index in [4.69, 9.17) is 23.7 Å². The van der Waals surface area contributed by atoms with Crippen LogP contribution >= 0.6 is 0 Å². The van der Waals surface area contributed by atoms with Gasteiger partial charge in [0.25, 0.3) is 0 Å². The number of fused-ring (bicyclic) bond motifs is 1. The summed E-state index contributed by atoms with van der Waals surface area (Å²) in [6, 6.07) is 10.8. The number of benzene rings is 2. The van der Waals surface area contributed by atoms with Gasteiger partial charge in [0, 0.05) is 6.42 Å². The largest absolute Gasteiger partial charge is 0.491 e. The van der Waals surface area contributed by atoms with Gasteiger partial charge in [-0.15, -0.1) is 0 Å². The normalized spacial score (nSPS) is 26.6. The van der Waals surface area contributed by atoms with Gasteiger partial charge in [0.1, 0.15) is 24.6 Å². The van der Waals surface area contributed by atoms with E-state index in [2.05, 4.69) is 24.3 Å². The predicted molar refractivity (Wildman–Crippen MR) is 92.0 cm³/mol. The Morgan fingerprint density at radius 3 is 2.40 bits per heavy atom. The van der Waals surface area contributed by atoms with Crippen LogP contribution in [0.3, 0.4) is 0 Å². The van der Waals surface area contributed by atoms with Gasteiger partial charge >= 0.3 is 0 Å². The summed E-state index contributed by atoms with van der Waals surface area (Å²) >= 11 is 0. The lowest BCUT2D eigenvalue weighted by Gasteiger charge is -2.12. The van der Waals surface area contributed by atoms with Crippen molar-refractivity contribution in [2.75, 3.05) is 33.0 Å². The molecular formula is C20H22O5. The van der Waals surface area contributed by atoms with Crippen molar-refractivity contribution < 1.29 is 23.7 Å². The molecule has 0 aliphatic carbocycles. The molecular weight excluding hydrogens is 320 g/mol. The Bertz CT molecular complexity index is 762. The van der Waals surface area contributed by atoms with Gasteiger partial charge in [-0.05, 0) is 34.0 Å². The topological polar surface area (TPSA) is 56.0 Å². The van der Waals surface area contributed by atoms with E-state index in [0.29, 0.717) is 32.0 Å². The Hall–Kier alpha value is -1.66. The number of epoxide rings is 3. The highest BCUT2D eigenvalue weighted by molar-refractivity contribution is 5.87. The second-order valence-corrected chi connectivity index (χ2v) is 7.03. The highest BCUT2D eigenvalue weighted by Gasteiger charge is 2.25. The van der Waals surface area contributed by atoms with E-state index in [1.807, 2.05) is 6.07 Å². The zero-order valence-electron chi connectivity index (χ0n) is 14.1. The molecule has 3 atom stereocenters. The molecule has 3 aliphatic heterocycles. The van der Waals surface area contributed by atoms with E-state index in [-0.39, 0.29) is 6.10 Å². The number of rotatable bonds is 9. The predicted octanol–water partition coefficient (Wildman–Crippen LogP) is 2.47. The van der Waals surface area contributed by atoms with Gasteiger partial charge in [0.2, 0.25) is 0 Å². The van der Waals surface area contributed by atoms with Crippen LogP contribution in [0.4, 0.5) is 0 Å². The molecule has 0 saturated carbocycles. The second-order valence-electron chi connectivity index (χ2n) is 7.03. The van der Waals surface area contributed by atoms with Gasteiger partial charge in [0.15, 0.2) is 0 Å². The van der Waals surface area contributed by atoms with Gasteiger partial charge < -0.3 is 23.7 Å². The Balaban J connectivity index is 1.39. The molecule has 3 fully saturated rings. The van der Waals surface area contributed by atoms with Crippen molar-refractivity contribution in [1.82, 2.24) is 0 Å². The molecule has 5 heteroatoms. The SMILES string of the molecule is c1cc2c(COCC3CO3)cc(CC3CO3)cc2cc1OCC1CO1. The monoisotopic (exact) mass is 342 g/mol. The lowest BCUT2D eigenvalue weighted by Crippen LogP contribution is -2.05. The van der Waals surface area contributed by atoms with Crippen molar-refractivity contribution in [3.63, 3.8) is 0 Å². The Labute approximate surface area is 146 Å². The molecule has 0 amide bonds. The highest BCUT2D eigenvalue weighted by Crippen LogP contribution is 2.29. The quantitative estimate of drug-likeness (QED) is 0.655.